The van der Waals surface area contributed by atoms with Gasteiger partial charge in [-0.1, -0.05) is 0 Å². The van der Waals surface area contributed by atoms with Gasteiger partial charge in [0.2, 0.25) is 0 Å². The molecule has 0 aromatic heterocycles. The molecule has 0 amide bonds. The number of aliphatic hydroxyl groups excluding tert-OH is 2. The van der Waals surface area contributed by atoms with Crippen LogP contribution in [0, 0.1) is 0 Å². The average Bonchev–Trinajstić information content (AvgIpc) is 2.12. The SMILES string of the molecule is CCOCCO.CCOCCO.[Mn]. The Balaban J connectivity index is -0.000000143. The van der Waals surface area contributed by atoms with E-state index < -0.39 is 0 Å². The maximum absolute atomic E-state index is 8.07. The smallest absolute Gasteiger partial charge is 0.0697 e. The van der Waals surface area contributed by atoms with E-state index >= 15 is 0 Å². The monoisotopic (exact) mass is 235 g/mol. The first kappa shape index (κ1) is 19.0. The van der Waals surface area contributed by atoms with Gasteiger partial charge in [0, 0.05) is 30.3 Å². The van der Waals surface area contributed by atoms with Gasteiger partial charge in [0.05, 0.1) is 26.4 Å². The van der Waals surface area contributed by atoms with Crippen LogP contribution in [0.3, 0.4) is 0 Å². The van der Waals surface area contributed by atoms with Gasteiger partial charge in [-0.15, -0.1) is 0 Å². The molecule has 0 saturated carbocycles. The average molecular weight is 235 g/mol. The van der Waals surface area contributed by atoms with Crippen LogP contribution in [0.1, 0.15) is 13.8 Å². The first-order valence-corrected chi connectivity index (χ1v) is 4.20. The largest absolute Gasteiger partial charge is 0.394 e. The third-order valence-electron chi connectivity index (χ3n) is 0.879. The molecule has 0 aliphatic rings. The Morgan fingerprint density at radius 2 is 1.15 bits per heavy atom. The molecule has 0 unspecified atom stereocenters. The topological polar surface area (TPSA) is 58.9 Å². The van der Waals surface area contributed by atoms with E-state index in [-0.39, 0.29) is 30.3 Å². The summed E-state index contributed by atoms with van der Waals surface area (Å²) in [5.41, 5.74) is 0. The Kier molecular flexibility index (Phi) is 33.4. The number of aliphatic hydroxyl groups is 2. The summed E-state index contributed by atoms with van der Waals surface area (Å²) < 4.78 is 9.47. The number of ether oxygens (including phenoxy) is 2. The van der Waals surface area contributed by atoms with Crippen molar-refractivity contribution in [2.45, 2.75) is 13.8 Å². The predicted molar refractivity (Wildman–Crippen MR) is 47.2 cm³/mol. The number of hydrogen-bond acceptors (Lipinski definition) is 4. The molecule has 83 valence electrons. The van der Waals surface area contributed by atoms with Gasteiger partial charge in [0.25, 0.3) is 0 Å². The van der Waals surface area contributed by atoms with Gasteiger partial charge in [-0.25, -0.2) is 0 Å². The molecule has 0 aromatic rings. The molecule has 0 fully saturated rings. The molecule has 0 aromatic carbocycles. The summed E-state index contributed by atoms with van der Waals surface area (Å²) in [6.07, 6.45) is 0. The van der Waals surface area contributed by atoms with Crippen LogP contribution < -0.4 is 0 Å². The molecule has 0 saturated heterocycles. The molecule has 0 atom stereocenters. The molecule has 2 N–H and O–H groups in total. The Labute approximate surface area is 90.7 Å². The van der Waals surface area contributed by atoms with E-state index in [2.05, 4.69) is 0 Å². The van der Waals surface area contributed by atoms with E-state index in [0.717, 1.165) is 0 Å². The molecule has 0 rings (SSSR count). The van der Waals surface area contributed by atoms with E-state index in [1.54, 1.807) is 0 Å². The summed E-state index contributed by atoms with van der Waals surface area (Å²) >= 11 is 0. The van der Waals surface area contributed by atoms with Crippen LogP contribution in [0.2, 0.25) is 0 Å². The van der Waals surface area contributed by atoms with E-state index in [1.807, 2.05) is 13.8 Å². The second-order valence-electron chi connectivity index (χ2n) is 1.84. The minimum atomic E-state index is 0. The summed E-state index contributed by atoms with van der Waals surface area (Å²) in [6, 6.07) is 0. The van der Waals surface area contributed by atoms with Crippen molar-refractivity contribution in [1.29, 1.82) is 0 Å². The molecule has 4 nitrogen and oxygen atoms in total. The zero-order valence-corrected chi connectivity index (χ0v) is 9.51. The van der Waals surface area contributed by atoms with Crippen LogP contribution in [0.15, 0.2) is 0 Å². The van der Waals surface area contributed by atoms with Crippen molar-refractivity contribution in [3.05, 3.63) is 0 Å². The molecule has 0 bridgehead atoms. The number of rotatable bonds is 6. The van der Waals surface area contributed by atoms with Crippen molar-refractivity contribution >= 4 is 0 Å². The van der Waals surface area contributed by atoms with Gasteiger partial charge < -0.3 is 19.7 Å². The molecule has 0 spiro atoms. The Hall–Kier alpha value is 0.359. The molecule has 0 aliphatic carbocycles. The molecular weight excluding hydrogens is 215 g/mol. The van der Waals surface area contributed by atoms with Crippen LogP contribution in [0.4, 0.5) is 0 Å². The number of hydrogen-bond donors (Lipinski definition) is 2. The zero-order chi connectivity index (χ0) is 9.66. The van der Waals surface area contributed by atoms with E-state index in [1.165, 1.54) is 0 Å². The fourth-order valence-corrected chi connectivity index (χ4v) is 0.418. The van der Waals surface area contributed by atoms with Gasteiger partial charge in [-0.2, -0.15) is 0 Å². The molecular formula is C8H20MnO4. The fourth-order valence-electron chi connectivity index (χ4n) is 0.418. The predicted octanol–water partition coefficient (Wildman–Crippen LogP) is 0.0279. The third-order valence-corrected chi connectivity index (χ3v) is 0.879. The molecule has 1 radical (unpaired) electrons. The van der Waals surface area contributed by atoms with Crippen molar-refractivity contribution < 1.29 is 36.8 Å². The summed E-state index contributed by atoms with van der Waals surface area (Å²) in [5.74, 6) is 0. The second-order valence-corrected chi connectivity index (χ2v) is 1.84. The molecule has 13 heavy (non-hydrogen) atoms. The van der Waals surface area contributed by atoms with E-state index in [9.17, 15) is 0 Å². The van der Waals surface area contributed by atoms with Gasteiger partial charge in [0.15, 0.2) is 0 Å². The van der Waals surface area contributed by atoms with Crippen LogP contribution in [0.25, 0.3) is 0 Å². The van der Waals surface area contributed by atoms with Crippen molar-refractivity contribution in [1.82, 2.24) is 0 Å². The fraction of sp³-hybridized carbons (Fsp3) is 1.00. The first-order chi connectivity index (χ1) is 5.83. The van der Waals surface area contributed by atoms with Crippen molar-refractivity contribution in [2.75, 3.05) is 39.6 Å². The minimum absolute atomic E-state index is 0. The van der Waals surface area contributed by atoms with Crippen LogP contribution in [-0.4, -0.2) is 49.9 Å². The normalized spacial score (nSPS) is 8.31. The molecule has 0 aliphatic heterocycles. The molecule has 0 heterocycles. The minimum Gasteiger partial charge on any atom is -0.394 e. The van der Waals surface area contributed by atoms with E-state index in [0.29, 0.717) is 26.4 Å². The van der Waals surface area contributed by atoms with Crippen LogP contribution in [0.5, 0.6) is 0 Å². The molecule has 5 heteroatoms. The van der Waals surface area contributed by atoms with Gasteiger partial charge in [-0.05, 0) is 13.8 Å². The van der Waals surface area contributed by atoms with Crippen LogP contribution >= 0.6 is 0 Å². The Morgan fingerprint density at radius 3 is 1.23 bits per heavy atom. The standard InChI is InChI=1S/2C4H10O2.Mn/c2*1-2-6-4-3-5;/h2*5H,2-4H2,1H3;. The Morgan fingerprint density at radius 1 is 0.846 bits per heavy atom. The second kappa shape index (κ2) is 22.8. The summed E-state index contributed by atoms with van der Waals surface area (Å²) in [7, 11) is 0. The van der Waals surface area contributed by atoms with Crippen molar-refractivity contribution in [2.24, 2.45) is 0 Å². The van der Waals surface area contributed by atoms with Gasteiger partial charge in [-0.3, -0.25) is 0 Å². The maximum atomic E-state index is 8.07. The first-order valence-electron chi connectivity index (χ1n) is 4.20. The summed E-state index contributed by atoms with van der Waals surface area (Å²) in [5, 5.41) is 16.1. The van der Waals surface area contributed by atoms with Gasteiger partial charge >= 0.3 is 0 Å². The maximum Gasteiger partial charge on any atom is 0.0697 e. The quantitative estimate of drug-likeness (QED) is 0.503. The van der Waals surface area contributed by atoms with Crippen molar-refractivity contribution in [3.8, 4) is 0 Å². The summed E-state index contributed by atoms with van der Waals surface area (Å²) in [6.45, 7) is 6.39. The van der Waals surface area contributed by atoms with Gasteiger partial charge in [0.1, 0.15) is 0 Å². The zero-order valence-electron chi connectivity index (χ0n) is 8.33. The summed E-state index contributed by atoms with van der Waals surface area (Å²) in [4.78, 5) is 0. The third kappa shape index (κ3) is 32.8. The van der Waals surface area contributed by atoms with Crippen LogP contribution in [-0.2, 0) is 26.5 Å². The Bertz CT molecular complexity index is 48.1. The van der Waals surface area contributed by atoms with Crippen molar-refractivity contribution in [3.63, 3.8) is 0 Å². The van der Waals surface area contributed by atoms with E-state index in [4.69, 9.17) is 19.7 Å².